The van der Waals surface area contributed by atoms with Gasteiger partial charge in [-0.05, 0) is 56.2 Å². The van der Waals surface area contributed by atoms with Gasteiger partial charge in [0.15, 0.2) is 0 Å². The Morgan fingerprint density at radius 1 is 0.750 bits per heavy atom. The van der Waals surface area contributed by atoms with Crippen LogP contribution in [0.1, 0.15) is 62.8 Å². The highest BCUT2D eigenvalue weighted by Gasteiger charge is 2.31. The molecule has 0 aliphatic rings. The van der Waals surface area contributed by atoms with Gasteiger partial charge in [-0.1, -0.05) is 87.4 Å². The molecule has 0 unspecified atom stereocenters. The van der Waals surface area contributed by atoms with E-state index in [9.17, 15) is 5.11 Å². The van der Waals surface area contributed by atoms with Crippen molar-refractivity contribution in [3.63, 3.8) is 0 Å². The summed E-state index contributed by atoms with van der Waals surface area (Å²) in [4.78, 5) is 2.56. The summed E-state index contributed by atoms with van der Waals surface area (Å²) >= 11 is 0. The van der Waals surface area contributed by atoms with Gasteiger partial charge in [0.25, 0.3) is 0 Å². The third-order valence-corrected chi connectivity index (χ3v) is 5.32. The molecule has 0 spiro atoms. The van der Waals surface area contributed by atoms with E-state index in [1.54, 1.807) is 0 Å². The first-order valence-corrected chi connectivity index (χ1v) is 10.8. The third kappa shape index (κ3) is 6.46. The molecule has 0 saturated carbocycles. The average Bonchev–Trinajstić information content (AvgIpc) is 2.61. The summed E-state index contributed by atoms with van der Waals surface area (Å²) in [6.07, 6.45) is 1.70. The van der Waals surface area contributed by atoms with Crippen molar-refractivity contribution >= 4 is 0 Å². The van der Waals surface area contributed by atoms with E-state index in [1.807, 2.05) is 0 Å². The largest absolute Gasteiger partial charge is 0.380 e. The Balaban J connectivity index is 2.20. The maximum atomic E-state index is 11.8. The molecule has 0 radical (unpaired) electrons. The molecular formula is C26H39NO. The fraction of sp³-hybridized carbons (Fsp3) is 0.538. The topological polar surface area (TPSA) is 23.5 Å². The summed E-state index contributed by atoms with van der Waals surface area (Å²) in [5.41, 5.74) is 3.47. The number of nitrogens with zero attached hydrogens (tertiary/aromatic N) is 1. The molecule has 2 aromatic rings. The second-order valence-corrected chi connectivity index (χ2v) is 9.24. The maximum Gasteiger partial charge on any atom is 0.115 e. The number of hydrogen-bond donors (Lipinski definition) is 1. The molecule has 0 aromatic heterocycles. The van der Waals surface area contributed by atoms with Crippen LogP contribution in [-0.2, 0) is 5.60 Å². The van der Waals surface area contributed by atoms with Gasteiger partial charge in [-0.25, -0.2) is 0 Å². The van der Waals surface area contributed by atoms with E-state index in [2.05, 4.69) is 95.0 Å². The second-order valence-electron chi connectivity index (χ2n) is 9.24. The molecule has 0 bridgehead atoms. The van der Waals surface area contributed by atoms with Crippen molar-refractivity contribution in [1.29, 1.82) is 0 Å². The van der Waals surface area contributed by atoms with Gasteiger partial charge in [-0.3, -0.25) is 0 Å². The van der Waals surface area contributed by atoms with Crippen LogP contribution in [0.2, 0.25) is 0 Å². The molecule has 28 heavy (non-hydrogen) atoms. The van der Waals surface area contributed by atoms with Gasteiger partial charge >= 0.3 is 0 Å². The number of benzene rings is 2. The molecule has 0 amide bonds. The summed E-state index contributed by atoms with van der Waals surface area (Å²) in [5.74, 6) is 1.32. The Morgan fingerprint density at radius 3 is 1.50 bits per heavy atom. The van der Waals surface area contributed by atoms with Crippen LogP contribution in [0.5, 0.6) is 0 Å². The van der Waals surface area contributed by atoms with Gasteiger partial charge in [0.1, 0.15) is 5.60 Å². The highest BCUT2D eigenvalue weighted by Crippen LogP contribution is 2.34. The molecule has 0 aliphatic heterocycles. The summed E-state index contributed by atoms with van der Waals surface area (Å²) in [6.45, 7) is 16.6. The lowest BCUT2D eigenvalue weighted by atomic mass is 9.82. The van der Waals surface area contributed by atoms with Gasteiger partial charge < -0.3 is 10.0 Å². The van der Waals surface area contributed by atoms with Crippen LogP contribution in [0.15, 0.2) is 48.5 Å². The second kappa shape index (κ2) is 10.2. The van der Waals surface area contributed by atoms with Gasteiger partial charge in [0.05, 0.1) is 0 Å². The molecule has 0 saturated heterocycles. The highest BCUT2D eigenvalue weighted by atomic mass is 16.3. The van der Waals surface area contributed by atoms with E-state index in [0.29, 0.717) is 11.8 Å². The minimum atomic E-state index is -0.942. The Hall–Kier alpha value is -1.64. The van der Waals surface area contributed by atoms with E-state index in [0.717, 1.165) is 43.6 Å². The van der Waals surface area contributed by atoms with Crippen molar-refractivity contribution in [2.24, 2.45) is 11.8 Å². The van der Waals surface area contributed by atoms with Gasteiger partial charge in [-0.2, -0.15) is 0 Å². The predicted molar refractivity (Wildman–Crippen MR) is 121 cm³/mol. The molecule has 0 fully saturated rings. The average molecular weight is 382 g/mol. The van der Waals surface area contributed by atoms with Crippen molar-refractivity contribution in [3.8, 4) is 0 Å². The predicted octanol–water partition coefficient (Wildman–Crippen LogP) is 5.93. The minimum Gasteiger partial charge on any atom is -0.380 e. The molecule has 2 nitrogen and oxygen atoms in total. The summed E-state index contributed by atoms with van der Waals surface area (Å²) < 4.78 is 0. The molecule has 1 N–H and O–H groups in total. The number of rotatable bonds is 10. The smallest absolute Gasteiger partial charge is 0.115 e. The quantitative estimate of drug-likeness (QED) is 0.551. The monoisotopic (exact) mass is 381 g/mol. The minimum absolute atomic E-state index is 0.659. The van der Waals surface area contributed by atoms with Crippen molar-refractivity contribution in [3.05, 3.63) is 70.8 Å². The van der Waals surface area contributed by atoms with E-state index < -0.39 is 5.60 Å². The van der Waals surface area contributed by atoms with Crippen molar-refractivity contribution < 1.29 is 5.11 Å². The zero-order chi connectivity index (χ0) is 20.7. The van der Waals surface area contributed by atoms with E-state index in [4.69, 9.17) is 0 Å². The Kier molecular flexibility index (Phi) is 8.27. The van der Waals surface area contributed by atoms with E-state index in [-0.39, 0.29) is 0 Å². The van der Waals surface area contributed by atoms with Gasteiger partial charge in [-0.15, -0.1) is 0 Å². The highest BCUT2D eigenvalue weighted by molar-refractivity contribution is 5.38. The van der Waals surface area contributed by atoms with Crippen LogP contribution < -0.4 is 0 Å². The van der Waals surface area contributed by atoms with Crippen LogP contribution >= 0.6 is 0 Å². The molecule has 154 valence electrons. The van der Waals surface area contributed by atoms with Crippen LogP contribution in [0.25, 0.3) is 0 Å². The molecular weight excluding hydrogens is 342 g/mol. The van der Waals surface area contributed by atoms with Gasteiger partial charge in [0.2, 0.25) is 0 Å². The normalized spacial score (nSPS) is 12.4. The molecule has 0 atom stereocenters. The number of hydrogen-bond acceptors (Lipinski definition) is 2. The van der Waals surface area contributed by atoms with Crippen molar-refractivity contribution in [2.45, 2.75) is 60.0 Å². The lowest BCUT2D eigenvalue weighted by Gasteiger charge is -2.32. The first-order valence-electron chi connectivity index (χ1n) is 10.8. The van der Waals surface area contributed by atoms with Crippen molar-refractivity contribution in [2.75, 3.05) is 19.6 Å². The summed E-state index contributed by atoms with van der Waals surface area (Å²) in [6, 6.07) is 16.7. The first-order chi connectivity index (χ1) is 13.2. The third-order valence-electron chi connectivity index (χ3n) is 5.32. The zero-order valence-electron chi connectivity index (χ0n) is 18.7. The molecule has 2 rings (SSSR count). The van der Waals surface area contributed by atoms with Crippen LogP contribution in [0.3, 0.4) is 0 Å². The molecule has 2 aromatic carbocycles. The standard InChI is InChI=1S/C26H39NO/c1-20(2)18-27(19-21(3)4)17-7-16-26(28,24-12-8-22(5)9-13-24)25-14-10-23(6)11-15-25/h8-15,20-21,28H,7,16-19H2,1-6H3. The number of aliphatic hydroxyl groups is 1. The molecule has 0 aliphatic carbocycles. The molecule has 0 heterocycles. The number of aryl methyl sites for hydroxylation is 2. The Bertz CT molecular complexity index is 645. The lowest BCUT2D eigenvalue weighted by Crippen LogP contribution is -2.34. The van der Waals surface area contributed by atoms with Gasteiger partial charge in [0, 0.05) is 13.1 Å². The van der Waals surface area contributed by atoms with E-state index in [1.165, 1.54) is 11.1 Å². The van der Waals surface area contributed by atoms with E-state index >= 15 is 0 Å². The maximum absolute atomic E-state index is 11.8. The molecule has 2 heteroatoms. The summed E-state index contributed by atoms with van der Waals surface area (Å²) in [7, 11) is 0. The SMILES string of the molecule is Cc1ccc(C(O)(CCCN(CC(C)C)CC(C)C)c2ccc(C)cc2)cc1. The van der Waals surface area contributed by atoms with Crippen LogP contribution in [-0.4, -0.2) is 29.6 Å². The summed E-state index contributed by atoms with van der Waals surface area (Å²) in [5, 5.41) is 11.8. The Morgan fingerprint density at radius 2 is 1.14 bits per heavy atom. The fourth-order valence-electron chi connectivity index (χ4n) is 3.96. The Labute approximate surface area is 172 Å². The lowest BCUT2D eigenvalue weighted by molar-refractivity contribution is 0.0636. The van der Waals surface area contributed by atoms with Crippen LogP contribution in [0, 0.1) is 25.7 Å². The van der Waals surface area contributed by atoms with Crippen LogP contribution in [0.4, 0.5) is 0 Å². The fourth-order valence-corrected chi connectivity index (χ4v) is 3.96. The zero-order valence-corrected chi connectivity index (χ0v) is 18.7. The van der Waals surface area contributed by atoms with Crippen molar-refractivity contribution in [1.82, 2.24) is 4.90 Å². The first kappa shape index (κ1) is 22.6.